The normalized spacial score (nSPS) is 48.1. The summed E-state index contributed by atoms with van der Waals surface area (Å²) in [6.45, 7) is 14.4. The minimum atomic E-state index is -0.113. The number of allylic oxidation sites excluding steroid dienone is 1. The number of esters is 1. The van der Waals surface area contributed by atoms with Gasteiger partial charge in [-0.1, -0.05) is 59.1 Å². The largest absolute Gasteiger partial charge is 0.462 e. The second kappa shape index (κ2) is 8.70. The lowest BCUT2D eigenvalue weighted by Gasteiger charge is -2.58. The highest BCUT2D eigenvalue weighted by Crippen LogP contribution is 2.67. The van der Waals surface area contributed by atoms with Gasteiger partial charge in [0.25, 0.3) is 0 Å². The highest BCUT2D eigenvalue weighted by atomic mass is 16.5. The SMILES string of the molecule is CC(=O)O[C@H]1CC[C@@]2(C)C(=CC[C@H]3[C@@H]4CC[C@H]([C@H](C)CC[C@@H](C)[C@@H]5C[C@H]5C)[C@@]4(C)CC[C@@H]32)C1. The average molecular weight is 455 g/mol. The van der Waals surface area contributed by atoms with Crippen molar-refractivity contribution in [1.82, 2.24) is 0 Å². The Morgan fingerprint density at radius 2 is 1.79 bits per heavy atom. The lowest BCUT2D eigenvalue weighted by atomic mass is 9.47. The Bertz CT molecular complexity index is 784. The minimum absolute atomic E-state index is 0.113. The fourth-order valence-electron chi connectivity index (χ4n) is 10.0. The van der Waals surface area contributed by atoms with Crippen LogP contribution in [0.5, 0.6) is 0 Å². The van der Waals surface area contributed by atoms with E-state index in [2.05, 4.69) is 40.7 Å². The van der Waals surface area contributed by atoms with E-state index in [1.807, 2.05) is 0 Å². The molecule has 2 heteroatoms. The number of fused-ring (bicyclic) bond motifs is 5. The van der Waals surface area contributed by atoms with Gasteiger partial charge in [0.15, 0.2) is 0 Å². The van der Waals surface area contributed by atoms with Crippen LogP contribution in [0.25, 0.3) is 0 Å². The number of ether oxygens (including phenoxy) is 1. The molecule has 5 rings (SSSR count). The number of carbonyl (C=O) groups excluding carboxylic acids is 1. The van der Waals surface area contributed by atoms with Gasteiger partial charge < -0.3 is 4.74 Å². The first-order chi connectivity index (χ1) is 15.6. The predicted octanol–water partition coefficient (Wildman–Crippen LogP) is 8.21. The Labute approximate surface area is 203 Å². The van der Waals surface area contributed by atoms with Crippen molar-refractivity contribution in [2.24, 2.45) is 58.2 Å². The molecule has 11 atom stereocenters. The van der Waals surface area contributed by atoms with Gasteiger partial charge in [0.05, 0.1) is 0 Å². The number of rotatable bonds is 6. The maximum absolute atomic E-state index is 11.5. The van der Waals surface area contributed by atoms with E-state index < -0.39 is 0 Å². The van der Waals surface area contributed by atoms with Gasteiger partial charge in [-0.15, -0.1) is 0 Å². The van der Waals surface area contributed by atoms with Gasteiger partial charge in [-0.3, -0.25) is 4.79 Å². The summed E-state index contributed by atoms with van der Waals surface area (Å²) in [6, 6.07) is 0. The van der Waals surface area contributed by atoms with E-state index in [1.165, 1.54) is 57.8 Å². The van der Waals surface area contributed by atoms with Crippen LogP contribution in [0, 0.1) is 58.2 Å². The van der Waals surface area contributed by atoms with Crippen LogP contribution in [-0.4, -0.2) is 12.1 Å². The molecule has 0 aromatic heterocycles. The Morgan fingerprint density at radius 3 is 2.48 bits per heavy atom. The Kier molecular flexibility index (Phi) is 6.31. The lowest BCUT2D eigenvalue weighted by molar-refractivity contribution is -0.148. The van der Waals surface area contributed by atoms with Crippen LogP contribution >= 0.6 is 0 Å². The molecular weight excluding hydrogens is 404 g/mol. The molecule has 0 heterocycles. The first kappa shape index (κ1) is 23.9. The fraction of sp³-hybridized carbons (Fsp3) is 0.903. The molecule has 0 spiro atoms. The molecule has 4 fully saturated rings. The smallest absolute Gasteiger partial charge is 0.302 e. The molecule has 5 aliphatic rings. The van der Waals surface area contributed by atoms with Gasteiger partial charge in [-0.25, -0.2) is 0 Å². The zero-order valence-electron chi connectivity index (χ0n) is 22.4. The molecule has 2 nitrogen and oxygen atoms in total. The van der Waals surface area contributed by atoms with E-state index in [-0.39, 0.29) is 12.1 Å². The summed E-state index contributed by atoms with van der Waals surface area (Å²) in [7, 11) is 0. The van der Waals surface area contributed by atoms with Gasteiger partial charge >= 0.3 is 5.97 Å². The molecule has 5 aliphatic carbocycles. The fourth-order valence-corrected chi connectivity index (χ4v) is 10.0. The highest BCUT2D eigenvalue weighted by molar-refractivity contribution is 5.66. The van der Waals surface area contributed by atoms with Crippen molar-refractivity contribution in [3.8, 4) is 0 Å². The molecule has 0 aromatic rings. The Morgan fingerprint density at radius 1 is 1.06 bits per heavy atom. The summed E-state index contributed by atoms with van der Waals surface area (Å²) in [4.78, 5) is 11.5. The van der Waals surface area contributed by atoms with E-state index in [9.17, 15) is 4.79 Å². The van der Waals surface area contributed by atoms with E-state index in [0.717, 1.165) is 60.2 Å². The zero-order valence-corrected chi connectivity index (χ0v) is 22.4. The van der Waals surface area contributed by atoms with Crippen molar-refractivity contribution in [3.63, 3.8) is 0 Å². The Hall–Kier alpha value is -0.790. The Balaban J connectivity index is 1.26. The van der Waals surface area contributed by atoms with Gasteiger partial charge in [0, 0.05) is 13.3 Å². The third-order valence-corrected chi connectivity index (χ3v) is 12.1. The summed E-state index contributed by atoms with van der Waals surface area (Å²) in [5, 5.41) is 0. The highest BCUT2D eigenvalue weighted by Gasteiger charge is 2.59. The summed E-state index contributed by atoms with van der Waals surface area (Å²) in [5.41, 5.74) is 2.53. The van der Waals surface area contributed by atoms with E-state index in [1.54, 1.807) is 12.5 Å². The molecule has 0 radical (unpaired) electrons. The van der Waals surface area contributed by atoms with Crippen molar-refractivity contribution in [3.05, 3.63) is 11.6 Å². The maximum atomic E-state index is 11.5. The van der Waals surface area contributed by atoms with Crippen molar-refractivity contribution in [2.75, 3.05) is 0 Å². The second-order valence-corrected chi connectivity index (χ2v) is 13.9. The minimum Gasteiger partial charge on any atom is -0.462 e. The molecule has 0 aromatic carbocycles. The molecule has 0 N–H and O–H groups in total. The molecule has 0 saturated heterocycles. The van der Waals surface area contributed by atoms with Crippen molar-refractivity contribution < 1.29 is 9.53 Å². The van der Waals surface area contributed by atoms with Crippen molar-refractivity contribution in [2.45, 2.75) is 118 Å². The first-order valence-electron chi connectivity index (χ1n) is 14.5. The van der Waals surface area contributed by atoms with E-state index in [4.69, 9.17) is 4.74 Å². The summed E-state index contributed by atoms with van der Waals surface area (Å²) in [6.07, 6.45) is 17.4. The summed E-state index contributed by atoms with van der Waals surface area (Å²) < 4.78 is 5.63. The van der Waals surface area contributed by atoms with Crippen LogP contribution in [0.4, 0.5) is 0 Å². The standard InChI is InChI=1S/C31H50O2/c1-19(26-17-21(26)3)7-8-20(2)27-11-12-28-25-10-9-23-18-24(33-22(4)32)13-15-30(23,5)29(25)14-16-31(27,28)6/h9,19-21,24-29H,7-8,10-18H2,1-6H3/t19-,20-,21-,24+,25+,26+,27-,28+,29+,30+,31-/m1/s1. The number of carbonyl (C=O) groups is 1. The van der Waals surface area contributed by atoms with Crippen LogP contribution in [0.2, 0.25) is 0 Å². The predicted molar refractivity (Wildman–Crippen MR) is 136 cm³/mol. The molecule has 33 heavy (non-hydrogen) atoms. The van der Waals surface area contributed by atoms with Crippen molar-refractivity contribution in [1.29, 1.82) is 0 Å². The zero-order chi connectivity index (χ0) is 23.5. The molecule has 0 amide bonds. The van der Waals surface area contributed by atoms with Gasteiger partial charge in [0.1, 0.15) is 6.10 Å². The molecule has 0 aliphatic heterocycles. The molecule has 0 unspecified atom stereocenters. The topological polar surface area (TPSA) is 26.3 Å². The maximum Gasteiger partial charge on any atom is 0.302 e. The van der Waals surface area contributed by atoms with Crippen LogP contribution in [0.3, 0.4) is 0 Å². The molecule has 4 saturated carbocycles. The first-order valence-corrected chi connectivity index (χ1v) is 14.5. The average Bonchev–Trinajstić information content (AvgIpc) is 3.38. The van der Waals surface area contributed by atoms with E-state index in [0.29, 0.717) is 10.8 Å². The van der Waals surface area contributed by atoms with Crippen LogP contribution in [0.1, 0.15) is 112 Å². The summed E-state index contributed by atoms with van der Waals surface area (Å²) >= 11 is 0. The van der Waals surface area contributed by atoms with Gasteiger partial charge in [-0.2, -0.15) is 0 Å². The quantitative estimate of drug-likeness (QED) is 0.298. The van der Waals surface area contributed by atoms with E-state index >= 15 is 0 Å². The van der Waals surface area contributed by atoms with Gasteiger partial charge in [0.2, 0.25) is 0 Å². The number of hydrogen-bond acceptors (Lipinski definition) is 2. The lowest BCUT2D eigenvalue weighted by Crippen LogP contribution is -2.51. The third-order valence-electron chi connectivity index (χ3n) is 12.1. The monoisotopic (exact) mass is 454 g/mol. The van der Waals surface area contributed by atoms with Crippen molar-refractivity contribution >= 4 is 5.97 Å². The molecular formula is C31H50O2. The number of hydrogen-bond donors (Lipinski definition) is 0. The molecule has 186 valence electrons. The second-order valence-electron chi connectivity index (χ2n) is 13.9. The third kappa shape index (κ3) is 4.14. The summed E-state index contributed by atoms with van der Waals surface area (Å²) in [5.74, 6) is 7.32. The van der Waals surface area contributed by atoms with Gasteiger partial charge in [-0.05, 0) is 110 Å². The van der Waals surface area contributed by atoms with Crippen LogP contribution < -0.4 is 0 Å². The van der Waals surface area contributed by atoms with Crippen LogP contribution in [-0.2, 0) is 9.53 Å². The molecule has 0 bridgehead atoms. The van der Waals surface area contributed by atoms with Crippen LogP contribution in [0.15, 0.2) is 11.6 Å².